The van der Waals surface area contributed by atoms with Gasteiger partial charge in [0, 0.05) is 34.1 Å². The van der Waals surface area contributed by atoms with E-state index < -0.39 is 24.8 Å². The summed E-state index contributed by atoms with van der Waals surface area (Å²) in [4.78, 5) is 11.5. The number of hydrogen-bond acceptors (Lipinski definition) is 5. The summed E-state index contributed by atoms with van der Waals surface area (Å²) in [5.41, 5.74) is -0.0229. The molecule has 0 radical (unpaired) electrons. The monoisotopic (exact) mass is 359 g/mol. The average molecular weight is 360 g/mol. The minimum Gasteiger partial charge on any atom is -0.351 e. The van der Waals surface area contributed by atoms with E-state index in [1.807, 2.05) is 0 Å². The molecule has 1 rings (SSSR count). The molecule has 1 aromatic carbocycles. The van der Waals surface area contributed by atoms with Crippen LogP contribution in [0.3, 0.4) is 0 Å². The van der Waals surface area contributed by atoms with Gasteiger partial charge in [-0.25, -0.2) is 16.8 Å². The summed E-state index contributed by atoms with van der Waals surface area (Å²) in [7, 11) is -2.04. The topological polar surface area (TPSA) is 97.4 Å². The van der Waals surface area contributed by atoms with Gasteiger partial charge in [0.1, 0.15) is 9.84 Å². The molecule has 0 saturated carbocycles. The van der Waals surface area contributed by atoms with Gasteiger partial charge in [-0.1, -0.05) is 11.6 Å². The van der Waals surface area contributed by atoms with E-state index in [-0.39, 0.29) is 27.8 Å². The molecule has 1 N–H and O–H groups in total. The SMILES string of the molecule is CS(=O)(=O)CCNC(=O)c1cc(Cl)cc(S(=O)(=O)Cl)c1. The summed E-state index contributed by atoms with van der Waals surface area (Å²) in [6, 6.07) is 3.42. The van der Waals surface area contributed by atoms with E-state index in [0.29, 0.717) is 0 Å². The first-order chi connectivity index (χ1) is 8.99. The average Bonchev–Trinajstić information content (AvgIpc) is 2.25. The highest BCUT2D eigenvalue weighted by Crippen LogP contribution is 2.21. The molecule has 20 heavy (non-hydrogen) atoms. The number of halogens is 2. The van der Waals surface area contributed by atoms with Crippen molar-refractivity contribution in [3.63, 3.8) is 0 Å². The molecule has 10 heteroatoms. The van der Waals surface area contributed by atoms with Gasteiger partial charge in [0.15, 0.2) is 0 Å². The van der Waals surface area contributed by atoms with Crippen molar-refractivity contribution in [2.75, 3.05) is 18.6 Å². The molecule has 0 bridgehead atoms. The molecule has 0 fully saturated rings. The van der Waals surface area contributed by atoms with Gasteiger partial charge in [0.25, 0.3) is 15.0 Å². The van der Waals surface area contributed by atoms with Crippen LogP contribution in [-0.2, 0) is 18.9 Å². The Hall–Kier alpha value is -0.830. The lowest BCUT2D eigenvalue weighted by Crippen LogP contribution is -2.28. The molecule has 0 unspecified atom stereocenters. The third-order valence-corrected chi connectivity index (χ3v) is 4.67. The minimum absolute atomic E-state index is 0.0229. The molecule has 1 aromatic rings. The van der Waals surface area contributed by atoms with Gasteiger partial charge in [0.05, 0.1) is 10.6 Å². The fraction of sp³-hybridized carbons (Fsp3) is 0.300. The molecule has 0 spiro atoms. The Kier molecular flexibility index (Phi) is 5.42. The standard InChI is InChI=1S/C10H11Cl2NO5S2/c1-19(15,16)3-2-13-10(14)7-4-8(11)6-9(5-7)20(12,17)18/h4-6H,2-3H2,1H3,(H,13,14). The van der Waals surface area contributed by atoms with E-state index in [4.69, 9.17) is 22.3 Å². The summed E-state index contributed by atoms with van der Waals surface area (Å²) >= 11 is 5.71. The van der Waals surface area contributed by atoms with Gasteiger partial charge in [-0.2, -0.15) is 0 Å². The molecule has 0 aliphatic heterocycles. The maximum atomic E-state index is 11.8. The zero-order chi connectivity index (χ0) is 15.6. The van der Waals surface area contributed by atoms with Crippen LogP contribution in [0.1, 0.15) is 10.4 Å². The van der Waals surface area contributed by atoms with E-state index in [9.17, 15) is 21.6 Å². The first-order valence-electron chi connectivity index (χ1n) is 5.20. The first-order valence-corrected chi connectivity index (χ1v) is 9.95. The molecule has 112 valence electrons. The summed E-state index contributed by atoms with van der Waals surface area (Å²) in [6.45, 7) is -0.0901. The largest absolute Gasteiger partial charge is 0.351 e. The molecular weight excluding hydrogens is 349 g/mol. The molecule has 0 atom stereocenters. The van der Waals surface area contributed by atoms with Gasteiger partial charge in [-0.15, -0.1) is 0 Å². The Labute approximate surface area is 126 Å². The number of sulfone groups is 1. The van der Waals surface area contributed by atoms with E-state index >= 15 is 0 Å². The van der Waals surface area contributed by atoms with Crippen LogP contribution in [0.15, 0.2) is 23.1 Å². The fourth-order valence-electron chi connectivity index (χ4n) is 1.29. The lowest BCUT2D eigenvalue weighted by molar-refractivity contribution is 0.0956. The van der Waals surface area contributed by atoms with Crippen LogP contribution in [0.4, 0.5) is 0 Å². The Morgan fingerprint density at radius 3 is 2.30 bits per heavy atom. The first kappa shape index (κ1) is 17.2. The maximum absolute atomic E-state index is 11.8. The highest BCUT2D eigenvalue weighted by atomic mass is 35.7. The summed E-state index contributed by atoms with van der Waals surface area (Å²) in [6.07, 6.45) is 1.04. The predicted molar refractivity (Wildman–Crippen MR) is 76.5 cm³/mol. The molecular formula is C10H11Cl2NO5S2. The van der Waals surface area contributed by atoms with Crippen LogP contribution < -0.4 is 5.32 Å². The Balaban J connectivity index is 2.92. The second-order valence-corrected chi connectivity index (χ2v) is 9.26. The van der Waals surface area contributed by atoms with Crippen LogP contribution in [0.25, 0.3) is 0 Å². The van der Waals surface area contributed by atoms with Crippen molar-refractivity contribution >= 4 is 47.1 Å². The second kappa shape index (κ2) is 6.30. The maximum Gasteiger partial charge on any atom is 0.261 e. The highest BCUT2D eigenvalue weighted by Gasteiger charge is 2.15. The Morgan fingerprint density at radius 1 is 1.20 bits per heavy atom. The van der Waals surface area contributed by atoms with Gasteiger partial charge in [0.2, 0.25) is 0 Å². The number of carbonyl (C=O) groups is 1. The van der Waals surface area contributed by atoms with Crippen molar-refractivity contribution in [3.8, 4) is 0 Å². The van der Waals surface area contributed by atoms with E-state index in [2.05, 4.69) is 5.32 Å². The minimum atomic E-state index is -4.01. The number of amides is 1. The molecule has 0 heterocycles. The van der Waals surface area contributed by atoms with Crippen LogP contribution in [-0.4, -0.2) is 41.3 Å². The van der Waals surface area contributed by atoms with Gasteiger partial charge in [-0.3, -0.25) is 4.79 Å². The number of rotatable bonds is 5. The van der Waals surface area contributed by atoms with Crippen LogP contribution >= 0.6 is 22.3 Å². The van der Waals surface area contributed by atoms with Gasteiger partial charge in [-0.05, 0) is 18.2 Å². The molecule has 1 amide bonds. The molecule has 0 aromatic heterocycles. The summed E-state index contributed by atoms with van der Waals surface area (Å²) < 4.78 is 44.2. The normalized spacial score (nSPS) is 12.2. The van der Waals surface area contributed by atoms with Gasteiger partial charge < -0.3 is 5.32 Å². The Morgan fingerprint density at radius 2 is 1.80 bits per heavy atom. The Bertz CT molecular complexity index is 728. The van der Waals surface area contributed by atoms with Crippen molar-refractivity contribution < 1.29 is 21.6 Å². The molecule has 0 aliphatic rings. The lowest BCUT2D eigenvalue weighted by atomic mass is 10.2. The number of hydrogen-bond donors (Lipinski definition) is 1. The molecule has 0 aliphatic carbocycles. The number of benzene rings is 1. The zero-order valence-corrected chi connectivity index (χ0v) is 13.4. The number of carbonyl (C=O) groups excluding carboxylic acids is 1. The van der Waals surface area contributed by atoms with Crippen molar-refractivity contribution in [3.05, 3.63) is 28.8 Å². The van der Waals surface area contributed by atoms with Crippen LogP contribution in [0, 0.1) is 0 Å². The van der Waals surface area contributed by atoms with E-state index in [0.717, 1.165) is 18.4 Å². The number of nitrogens with one attached hydrogen (secondary N) is 1. The van der Waals surface area contributed by atoms with Crippen molar-refractivity contribution in [2.24, 2.45) is 0 Å². The predicted octanol–water partition coefficient (Wildman–Crippen LogP) is 1.04. The quantitative estimate of drug-likeness (QED) is 0.792. The van der Waals surface area contributed by atoms with Crippen LogP contribution in [0.5, 0.6) is 0 Å². The summed E-state index contributed by atoms with van der Waals surface area (Å²) in [5, 5.41) is 2.37. The van der Waals surface area contributed by atoms with E-state index in [1.165, 1.54) is 6.07 Å². The van der Waals surface area contributed by atoms with E-state index in [1.54, 1.807) is 0 Å². The van der Waals surface area contributed by atoms with Gasteiger partial charge >= 0.3 is 0 Å². The van der Waals surface area contributed by atoms with Crippen molar-refractivity contribution in [1.29, 1.82) is 0 Å². The molecule has 0 saturated heterocycles. The van der Waals surface area contributed by atoms with Crippen molar-refractivity contribution in [2.45, 2.75) is 4.90 Å². The molecule has 6 nitrogen and oxygen atoms in total. The third kappa shape index (κ3) is 5.66. The third-order valence-electron chi connectivity index (χ3n) is 2.17. The lowest BCUT2D eigenvalue weighted by Gasteiger charge is -2.06. The fourth-order valence-corrected chi connectivity index (χ4v) is 2.86. The van der Waals surface area contributed by atoms with Crippen LogP contribution in [0.2, 0.25) is 5.02 Å². The summed E-state index contributed by atoms with van der Waals surface area (Å²) in [5.74, 6) is -0.863. The highest BCUT2D eigenvalue weighted by molar-refractivity contribution is 8.13. The second-order valence-electron chi connectivity index (χ2n) is 4.00. The van der Waals surface area contributed by atoms with Crippen molar-refractivity contribution in [1.82, 2.24) is 5.32 Å². The smallest absolute Gasteiger partial charge is 0.261 e. The zero-order valence-electron chi connectivity index (χ0n) is 10.3.